The smallest absolute Gasteiger partial charge is 0.225 e. The Morgan fingerprint density at radius 2 is 1.74 bits per heavy atom. The normalized spacial score (nSPS) is 17.8. The molecule has 9 nitrogen and oxygen atoms in total. The molecule has 0 aliphatic carbocycles. The fourth-order valence-electron chi connectivity index (χ4n) is 3.88. The van der Waals surface area contributed by atoms with Gasteiger partial charge in [0.1, 0.15) is 0 Å². The zero-order valence-corrected chi connectivity index (χ0v) is 21.0. The van der Waals surface area contributed by atoms with Crippen molar-refractivity contribution in [1.82, 2.24) is 30.4 Å². The second kappa shape index (κ2) is 14.4. The van der Waals surface area contributed by atoms with Gasteiger partial charge in [0, 0.05) is 64.6 Å². The predicted molar refractivity (Wildman–Crippen MR) is 135 cm³/mol. The van der Waals surface area contributed by atoms with Crippen LogP contribution < -0.4 is 15.5 Å². The first-order valence-corrected chi connectivity index (χ1v) is 11.3. The predicted octanol–water partition coefficient (Wildman–Crippen LogP) is 1.17. The number of aliphatic imine (C=N–C) groups is 1. The second-order valence-electron chi connectivity index (χ2n) is 7.76. The fraction of sp³-hybridized carbons (Fsp3) is 0.714. The Bertz CT molecular complexity index is 661. The summed E-state index contributed by atoms with van der Waals surface area (Å²) >= 11 is 0. The molecule has 0 atom stereocenters. The van der Waals surface area contributed by atoms with Crippen molar-refractivity contribution in [2.75, 3.05) is 70.3 Å². The van der Waals surface area contributed by atoms with Crippen LogP contribution in [-0.4, -0.2) is 97.1 Å². The molecule has 0 saturated carbocycles. The van der Waals surface area contributed by atoms with Gasteiger partial charge in [-0.05, 0) is 38.9 Å². The monoisotopic (exact) mass is 544 g/mol. The van der Waals surface area contributed by atoms with Crippen LogP contribution >= 0.6 is 24.0 Å². The van der Waals surface area contributed by atoms with Crippen molar-refractivity contribution >= 4 is 41.8 Å². The molecule has 2 N–H and O–H groups in total. The highest BCUT2D eigenvalue weighted by Crippen LogP contribution is 2.10. The lowest BCUT2D eigenvalue weighted by atomic mass is 10.1. The number of guanidine groups is 1. The topological polar surface area (TPSA) is 89.0 Å². The molecule has 0 aromatic carbocycles. The lowest BCUT2D eigenvalue weighted by Crippen LogP contribution is -2.50. The van der Waals surface area contributed by atoms with Crippen molar-refractivity contribution in [2.24, 2.45) is 4.99 Å². The second-order valence-corrected chi connectivity index (χ2v) is 7.76. The van der Waals surface area contributed by atoms with E-state index in [0.29, 0.717) is 26.1 Å². The molecule has 3 rings (SSSR count). The number of rotatable bonds is 8. The van der Waals surface area contributed by atoms with E-state index >= 15 is 0 Å². The molecular formula is C21H37IN8O. The molecule has 0 spiro atoms. The third kappa shape index (κ3) is 8.76. The summed E-state index contributed by atoms with van der Waals surface area (Å²) in [5.41, 5.74) is 0. The molecule has 2 fully saturated rings. The van der Waals surface area contributed by atoms with Crippen LogP contribution in [0.2, 0.25) is 0 Å². The van der Waals surface area contributed by atoms with Gasteiger partial charge in [-0.15, -0.1) is 24.0 Å². The Morgan fingerprint density at radius 1 is 1.03 bits per heavy atom. The number of likely N-dealkylation sites (tertiary alicyclic amines) is 1. The van der Waals surface area contributed by atoms with E-state index < -0.39 is 0 Å². The molecule has 0 unspecified atom stereocenters. The fourth-order valence-corrected chi connectivity index (χ4v) is 3.88. The average Bonchev–Trinajstić information content (AvgIpc) is 2.80. The SMILES string of the molecule is CCNC(=NCCN1CCCCC1)NCCC(=O)N1CCN(c2ncccn2)CC1.I. The number of hydrogen-bond donors (Lipinski definition) is 2. The lowest BCUT2D eigenvalue weighted by Gasteiger charge is -2.34. The molecule has 0 bridgehead atoms. The summed E-state index contributed by atoms with van der Waals surface area (Å²) in [5, 5.41) is 6.58. The van der Waals surface area contributed by atoms with Gasteiger partial charge in [-0.1, -0.05) is 6.42 Å². The highest BCUT2D eigenvalue weighted by molar-refractivity contribution is 14.0. The Hall–Kier alpha value is -1.69. The number of amides is 1. The van der Waals surface area contributed by atoms with Gasteiger partial charge < -0.3 is 25.3 Å². The number of nitrogens with zero attached hydrogens (tertiary/aromatic N) is 6. The van der Waals surface area contributed by atoms with Gasteiger partial charge in [0.05, 0.1) is 6.54 Å². The van der Waals surface area contributed by atoms with E-state index in [0.717, 1.165) is 44.6 Å². The average molecular weight is 544 g/mol. The first-order valence-electron chi connectivity index (χ1n) is 11.3. The maximum absolute atomic E-state index is 12.6. The van der Waals surface area contributed by atoms with Crippen molar-refractivity contribution in [2.45, 2.75) is 32.6 Å². The summed E-state index contributed by atoms with van der Waals surface area (Å²) in [7, 11) is 0. The van der Waals surface area contributed by atoms with Gasteiger partial charge in [0.15, 0.2) is 5.96 Å². The maximum atomic E-state index is 12.6. The number of anilines is 1. The molecule has 0 radical (unpaired) electrons. The first-order chi connectivity index (χ1) is 14.8. The quantitative estimate of drug-likeness (QED) is 0.289. The largest absolute Gasteiger partial charge is 0.357 e. The molecule has 3 heterocycles. The van der Waals surface area contributed by atoms with Crippen LogP contribution in [0.25, 0.3) is 0 Å². The Kier molecular flexibility index (Phi) is 11.9. The number of nitrogens with one attached hydrogen (secondary N) is 2. The summed E-state index contributed by atoms with van der Waals surface area (Å²) in [6.45, 7) is 10.6. The Balaban J connectivity index is 0.00000341. The van der Waals surface area contributed by atoms with Gasteiger partial charge in [0.2, 0.25) is 11.9 Å². The molecule has 1 aromatic heterocycles. The minimum absolute atomic E-state index is 0. The first kappa shape index (κ1) is 25.6. The number of carbonyl (C=O) groups excluding carboxylic acids is 1. The zero-order chi connectivity index (χ0) is 21.0. The van der Waals surface area contributed by atoms with E-state index in [1.807, 2.05) is 11.0 Å². The van der Waals surface area contributed by atoms with Crippen molar-refractivity contribution < 1.29 is 4.79 Å². The van der Waals surface area contributed by atoms with Crippen LogP contribution in [0, 0.1) is 0 Å². The van der Waals surface area contributed by atoms with Crippen LogP contribution in [0.1, 0.15) is 32.6 Å². The van der Waals surface area contributed by atoms with E-state index in [4.69, 9.17) is 0 Å². The lowest BCUT2D eigenvalue weighted by molar-refractivity contribution is -0.131. The molecular weight excluding hydrogens is 507 g/mol. The van der Waals surface area contributed by atoms with Crippen molar-refractivity contribution in [1.29, 1.82) is 0 Å². The number of hydrogen-bond acceptors (Lipinski definition) is 6. The highest BCUT2D eigenvalue weighted by atomic mass is 127. The summed E-state index contributed by atoms with van der Waals surface area (Å²) in [4.78, 5) is 32.4. The van der Waals surface area contributed by atoms with Gasteiger partial charge in [-0.25, -0.2) is 9.97 Å². The molecule has 1 amide bonds. The summed E-state index contributed by atoms with van der Waals surface area (Å²) < 4.78 is 0. The molecule has 31 heavy (non-hydrogen) atoms. The molecule has 1 aromatic rings. The zero-order valence-electron chi connectivity index (χ0n) is 18.6. The minimum Gasteiger partial charge on any atom is -0.357 e. The molecule has 2 aliphatic heterocycles. The standard InChI is InChI=1S/C21H36N8O.HI/c1-2-22-20(24-11-14-27-12-4-3-5-13-27)23-10-7-19(30)28-15-17-29(18-16-28)21-25-8-6-9-26-21;/h6,8-9H,2-5,7,10-18H2,1H3,(H2,22,23,24);1H. The third-order valence-corrected chi connectivity index (χ3v) is 5.58. The maximum Gasteiger partial charge on any atom is 0.225 e. The summed E-state index contributed by atoms with van der Waals surface area (Å²) in [5.74, 6) is 1.72. The number of halogens is 1. The van der Waals surface area contributed by atoms with E-state index in [1.54, 1.807) is 12.4 Å². The van der Waals surface area contributed by atoms with Crippen LogP contribution in [0.15, 0.2) is 23.5 Å². The Morgan fingerprint density at radius 3 is 2.42 bits per heavy atom. The molecule has 2 saturated heterocycles. The van der Waals surface area contributed by atoms with Crippen molar-refractivity contribution in [3.05, 3.63) is 18.5 Å². The van der Waals surface area contributed by atoms with Crippen LogP contribution in [0.3, 0.4) is 0 Å². The van der Waals surface area contributed by atoms with Gasteiger partial charge in [0.25, 0.3) is 0 Å². The van der Waals surface area contributed by atoms with Gasteiger partial charge in [-0.2, -0.15) is 0 Å². The Labute approximate surface area is 203 Å². The minimum atomic E-state index is 0. The number of piperidine rings is 1. The van der Waals surface area contributed by atoms with E-state index in [1.165, 1.54) is 32.4 Å². The molecule has 10 heteroatoms. The van der Waals surface area contributed by atoms with E-state index in [2.05, 4.69) is 42.3 Å². The third-order valence-electron chi connectivity index (χ3n) is 5.58. The number of piperazine rings is 1. The number of carbonyl (C=O) groups is 1. The van der Waals surface area contributed by atoms with Gasteiger partial charge in [-0.3, -0.25) is 9.79 Å². The van der Waals surface area contributed by atoms with Crippen molar-refractivity contribution in [3.63, 3.8) is 0 Å². The molecule has 174 valence electrons. The van der Waals surface area contributed by atoms with Crippen LogP contribution in [0.5, 0.6) is 0 Å². The van der Waals surface area contributed by atoms with Crippen molar-refractivity contribution in [3.8, 4) is 0 Å². The van der Waals surface area contributed by atoms with Crippen LogP contribution in [0.4, 0.5) is 5.95 Å². The summed E-state index contributed by atoms with van der Waals surface area (Å²) in [6.07, 6.45) is 7.93. The number of aromatic nitrogens is 2. The van der Waals surface area contributed by atoms with E-state index in [9.17, 15) is 4.79 Å². The van der Waals surface area contributed by atoms with E-state index in [-0.39, 0.29) is 29.9 Å². The highest BCUT2D eigenvalue weighted by Gasteiger charge is 2.22. The van der Waals surface area contributed by atoms with Crippen LogP contribution in [-0.2, 0) is 4.79 Å². The molecule has 2 aliphatic rings. The van der Waals surface area contributed by atoms with Gasteiger partial charge >= 0.3 is 0 Å². The summed E-state index contributed by atoms with van der Waals surface area (Å²) in [6, 6.07) is 1.81.